The first kappa shape index (κ1) is 13.8. The van der Waals surface area contributed by atoms with Crippen LogP contribution in [0.15, 0.2) is 5.16 Å². The van der Waals surface area contributed by atoms with Crippen LogP contribution in [0.25, 0.3) is 0 Å². The highest BCUT2D eigenvalue weighted by Crippen LogP contribution is 2.15. The molecular formula is C10H14N2O6S. The molecule has 1 amide bonds. The number of nitrogens with zero attached hydrogens (tertiary/aromatic N) is 1. The van der Waals surface area contributed by atoms with E-state index in [1.54, 1.807) is 0 Å². The van der Waals surface area contributed by atoms with Crippen molar-refractivity contribution in [2.45, 2.75) is 31.4 Å². The number of nitrogens with one attached hydrogen (secondary N) is 1. The molecule has 1 atom stereocenters. The SMILES string of the molecule is O=C(O)C1=NOC(C(=O)NC2CCS(=O)(=O)CC2)C1. The second-order valence-electron chi connectivity index (χ2n) is 4.58. The molecule has 9 heteroatoms. The molecule has 0 aromatic heterocycles. The van der Waals surface area contributed by atoms with Crippen molar-refractivity contribution in [3.8, 4) is 0 Å². The van der Waals surface area contributed by atoms with Crippen LogP contribution in [0.3, 0.4) is 0 Å². The van der Waals surface area contributed by atoms with Crippen LogP contribution in [0.2, 0.25) is 0 Å². The third-order valence-electron chi connectivity index (χ3n) is 3.11. The van der Waals surface area contributed by atoms with Gasteiger partial charge in [0.2, 0.25) is 6.10 Å². The molecule has 2 rings (SSSR count). The fraction of sp³-hybridized carbons (Fsp3) is 0.700. The maximum Gasteiger partial charge on any atom is 0.353 e. The summed E-state index contributed by atoms with van der Waals surface area (Å²) in [5, 5.41) is 14.7. The molecule has 1 unspecified atom stereocenters. The lowest BCUT2D eigenvalue weighted by molar-refractivity contribution is -0.132. The molecule has 0 radical (unpaired) electrons. The number of carbonyl (C=O) groups excluding carboxylic acids is 1. The van der Waals surface area contributed by atoms with E-state index in [9.17, 15) is 18.0 Å². The molecule has 8 nitrogen and oxygen atoms in total. The lowest BCUT2D eigenvalue weighted by Crippen LogP contribution is -2.45. The van der Waals surface area contributed by atoms with E-state index in [2.05, 4.69) is 10.5 Å². The minimum atomic E-state index is -2.97. The number of rotatable bonds is 3. The van der Waals surface area contributed by atoms with Gasteiger partial charge in [0.15, 0.2) is 5.71 Å². The first-order chi connectivity index (χ1) is 8.87. The lowest BCUT2D eigenvalue weighted by Gasteiger charge is -2.23. The number of hydrogen-bond donors (Lipinski definition) is 2. The third kappa shape index (κ3) is 3.43. The fourth-order valence-corrected chi connectivity index (χ4v) is 3.46. The maximum atomic E-state index is 11.8. The molecule has 0 aromatic carbocycles. The topological polar surface area (TPSA) is 122 Å². The summed E-state index contributed by atoms with van der Waals surface area (Å²) in [7, 11) is -2.97. The molecule has 1 saturated heterocycles. The zero-order valence-corrected chi connectivity index (χ0v) is 10.9. The standard InChI is InChI=1S/C10H14N2O6S/c13-9(8-5-7(10(14)15)12-18-8)11-6-1-3-19(16,17)4-2-6/h6,8H,1-5H2,(H,11,13)(H,14,15). The van der Waals surface area contributed by atoms with Crippen molar-refractivity contribution in [3.63, 3.8) is 0 Å². The van der Waals surface area contributed by atoms with E-state index in [1.807, 2.05) is 0 Å². The Morgan fingerprint density at radius 3 is 2.47 bits per heavy atom. The molecule has 2 aliphatic rings. The molecular weight excluding hydrogens is 276 g/mol. The van der Waals surface area contributed by atoms with Crippen LogP contribution >= 0.6 is 0 Å². The Kier molecular flexibility index (Phi) is 3.74. The van der Waals surface area contributed by atoms with Crippen molar-refractivity contribution in [1.29, 1.82) is 0 Å². The number of carbonyl (C=O) groups is 2. The van der Waals surface area contributed by atoms with E-state index in [4.69, 9.17) is 9.94 Å². The highest BCUT2D eigenvalue weighted by molar-refractivity contribution is 7.91. The smallest absolute Gasteiger partial charge is 0.353 e. The van der Waals surface area contributed by atoms with E-state index < -0.39 is 27.8 Å². The van der Waals surface area contributed by atoms with Crippen LogP contribution in [-0.4, -0.2) is 54.8 Å². The highest BCUT2D eigenvalue weighted by Gasteiger charge is 2.33. The van der Waals surface area contributed by atoms with Crippen LogP contribution in [0.5, 0.6) is 0 Å². The Bertz CT molecular complexity index is 512. The molecule has 0 spiro atoms. The van der Waals surface area contributed by atoms with Crippen LogP contribution in [-0.2, 0) is 24.3 Å². The second-order valence-corrected chi connectivity index (χ2v) is 6.88. The van der Waals surface area contributed by atoms with Gasteiger partial charge in [-0.2, -0.15) is 0 Å². The number of aliphatic carboxylic acids is 1. The van der Waals surface area contributed by atoms with Gasteiger partial charge in [-0.1, -0.05) is 5.16 Å². The quantitative estimate of drug-likeness (QED) is 0.681. The first-order valence-corrected chi connectivity index (χ1v) is 7.66. The average Bonchev–Trinajstić information content (AvgIpc) is 2.81. The highest BCUT2D eigenvalue weighted by atomic mass is 32.2. The number of oxime groups is 1. The first-order valence-electron chi connectivity index (χ1n) is 5.84. The Hall–Kier alpha value is -1.64. The molecule has 0 bridgehead atoms. The summed E-state index contributed by atoms with van der Waals surface area (Å²) in [4.78, 5) is 27.2. The largest absolute Gasteiger partial charge is 0.477 e. The third-order valence-corrected chi connectivity index (χ3v) is 4.82. The Labute approximate surface area is 109 Å². The van der Waals surface area contributed by atoms with E-state index in [1.165, 1.54) is 0 Å². The van der Waals surface area contributed by atoms with Gasteiger partial charge in [-0.25, -0.2) is 13.2 Å². The van der Waals surface area contributed by atoms with E-state index in [0.29, 0.717) is 12.8 Å². The Morgan fingerprint density at radius 1 is 1.32 bits per heavy atom. The van der Waals surface area contributed by atoms with Gasteiger partial charge in [-0.15, -0.1) is 0 Å². The Balaban J connectivity index is 1.82. The summed E-state index contributed by atoms with van der Waals surface area (Å²) >= 11 is 0. The maximum absolute atomic E-state index is 11.8. The number of amides is 1. The van der Waals surface area contributed by atoms with E-state index in [0.717, 1.165) is 0 Å². The van der Waals surface area contributed by atoms with Gasteiger partial charge < -0.3 is 15.3 Å². The summed E-state index contributed by atoms with van der Waals surface area (Å²) in [6, 6.07) is -0.214. The van der Waals surface area contributed by atoms with Gasteiger partial charge in [-0.3, -0.25) is 4.79 Å². The van der Waals surface area contributed by atoms with Crippen molar-refractivity contribution in [3.05, 3.63) is 0 Å². The van der Waals surface area contributed by atoms with Gasteiger partial charge in [-0.05, 0) is 12.8 Å². The number of carboxylic acids is 1. The summed E-state index contributed by atoms with van der Waals surface area (Å²) in [6.07, 6.45) is -0.280. The van der Waals surface area contributed by atoms with Crippen molar-refractivity contribution < 1.29 is 28.0 Å². The molecule has 19 heavy (non-hydrogen) atoms. The number of carboxylic acid groups (broad SMARTS) is 1. The van der Waals surface area contributed by atoms with Gasteiger partial charge in [0, 0.05) is 12.5 Å². The van der Waals surface area contributed by atoms with Crippen molar-refractivity contribution in [2.24, 2.45) is 5.16 Å². The zero-order chi connectivity index (χ0) is 14.0. The van der Waals surface area contributed by atoms with E-state index >= 15 is 0 Å². The normalized spacial score (nSPS) is 26.3. The molecule has 0 aliphatic carbocycles. The predicted octanol–water partition coefficient (Wildman–Crippen LogP) is -1.09. The molecule has 0 saturated carbocycles. The molecule has 2 aliphatic heterocycles. The predicted molar refractivity (Wildman–Crippen MR) is 64.4 cm³/mol. The molecule has 0 aromatic rings. The molecule has 2 N–H and O–H groups in total. The van der Waals surface area contributed by atoms with E-state index in [-0.39, 0.29) is 29.7 Å². The number of sulfone groups is 1. The van der Waals surface area contributed by atoms with Gasteiger partial charge in [0.05, 0.1) is 11.5 Å². The monoisotopic (exact) mass is 290 g/mol. The van der Waals surface area contributed by atoms with Crippen LogP contribution in [0.1, 0.15) is 19.3 Å². The van der Waals surface area contributed by atoms with Crippen LogP contribution in [0, 0.1) is 0 Å². The van der Waals surface area contributed by atoms with Crippen LogP contribution in [0.4, 0.5) is 0 Å². The Morgan fingerprint density at radius 2 is 1.95 bits per heavy atom. The van der Waals surface area contributed by atoms with Gasteiger partial charge in [0.1, 0.15) is 9.84 Å². The summed E-state index contributed by atoms with van der Waals surface area (Å²) in [6.45, 7) is 0. The van der Waals surface area contributed by atoms with Crippen LogP contribution < -0.4 is 5.32 Å². The minimum Gasteiger partial charge on any atom is -0.477 e. The van der Waals surface area contributed by atoms with Crippen molar-refractivity contribution in [1.82, 2.24) is 5.32 Å². The van der Waals surface area contributed by atoms with Gasteiger partial charge in [0.25, 0.3) is 5.91 Å². The summed E-state index contributed by atoms with van der Waals surface area (Å²) in [5.41, 5.74) is -0.189. The molecule has 2 heterocycles. The second kappa shape index (κ2) is 5.16. The summed E-state index contributed by atoms with van der Waals surface area (Å²) in [5.74, 6) is -1.55. The zero-order valence-electron chi connectivity index (χ0n) is 10.0. The fourth-order valence-electron chi connectivity index (χ4n) is 1.97. The van der Waals surface area contributed by atoms with Crippen molar-refractivity contribution in [2.75, 3.05) is 11.5 Å². The average molecular weight is 290 g/mol. The minimum absolute atomic E-state index is 0.0559. The van der Waals surface area contributed by atoms with Gasteiger partial charge >= 0.3 is 5.97 Å². The van der Waals surface area contributed by atoms with Crippen molar-refractivity contribution >= 4 is 27.4 Å². The number of hydrogen-bond acceptors (Lipinski definition) is 6. The summed E-state index contributed by atoms with van der Waals surface area (Å²) < 4.78 is 22.5. The molecule has 1 fully saturated rings. The lowest BCUT2D eigenvalue weighted by atomic mass is 10.1. The molecule has 106 valence electrons.